The van der Waals surface area contributed by atoms with Crippen molar-refractivity contribution in [3.8, 4) is 0 Å². The monoisotopic (exact) mass is 469 g/mol. The Kier molecular flexibility index (Phi) is 7.58. The first kappa shape index (κ1) is 27.1. The second kappa shape index (κ2) is 9.24. The van der Waals surface area contributed by atoms with Gasteiger partial charge in [-0.3, -0.25) is 14.4 Å². The van der Waals surface area contributed by atoms with Gasteiger partial charge in [-0.05, 0) is 52.9 Å². The van der Waals surface area contributed by atoms with Gasteiger partial charge in [0.2, 0.25) is 12.2 Å². The fourth-order valence-electron chi connectivity index (χ4n) is 3.20. The molecule has 0 aromatic carbocycles. The lowest BCUT2D eigenvalue weighted by Crippen LogP contribution is -2.61. The maximum absolute atomic E-state index is 13.2. The minimum atomic E-state index is -1.12. The maximum Gasteiger partial charge on any atom is 0.419 e. The molecule has 0 N–H and O–H groups in total. The number of carbonyl (C=O) groups excluding carboxylic acids is 4. The number of rotatable bonds is 4. The highest BCUT2D eigenvalue weighted by Gasteiger charge is 2.58. The van der Waals surface area contributed by atoms with Gasteiger partial charge in [-0.2, -0.15) is 0 Å². The number of carbonyl (C=O) groups is 4. The van der Waals surface area contributed by atoms with Crippen molar-refractivity contribution in [2.24, 2.45) is 22.2 Å². The molecule has 0 spiro atoms. The van der Waals surface area contributed by atoms with Gasteiger partial charge in [0.1, 0.15) is 6.04 Å². The zero-order valence-corrected chi connectivity index (χ0v) is 21.5. The largest absolute Gasteiger partial charge is 0.455 e. The summed E-state index contributed by atoms with van der Waals surface area (Å²) >= 11 is 0. The first-order chi connectivity index (χ1) is 14.8. The number of nitrogens with zero attached hydrogens (tertiary/aromatic N) is 1. The van der Waals surface area contributed by atoms with Crippen molar-refractivity contribution in [1.82, 2.24) is 4.90 Å². The summed E-state index contributed by atoms with van der Waals surface area (Å²) in [6.45, 7) is 18.0. The van der Waals surface area contributed by atoms with Crippen LogP contribution in [0.4, 0.5) is 4.79 Å². The molecule has 2 amide bonds. The highest BCUT2D eigenvalue weighted by molar-refractivity contribution is 5.94. The van der Waals surface area contributed by atoms with Crippen molar-refractivity contribution in [2.75, 3.05) is 6.61 Å². The Morgan fingerprint density at radius 3 is 1.97 bits per heavy atom. The number of hydrogen-bond donors (Lipinski definition) is 0. The van der Waals surface area contributed by atoms with Crippen LogP contribution >= 0.6 is 0 Å². The van der Waals surface area contributed by atoms with Gasteiger partial charge in [-0.15, -0.1) is 0 Å². The van der Waals surface area contributed by atoms with Gasteiger partial charge < -0.3 is 18.9 Å². The Hall–Kier alpha value is -2.16. The number of imide groups is 1. The fraction of sp³-hybridized carbons (Fsp3) is 0.833. The van der Waals surface area contributed by atoms with E-state index in [-0.39, 0.29) is 24.4 Å². The Balaban J connectivity index is 2.39. The third-order valence-corrected chi connectivity index (χ3v) is 6.07. The Labute approximate surface area is 196 Å². The minimum Gasteiger partial charge on any atom is -0.455 e. The number of ether oxygens (including phenoxy) is 4. The molecule has 1 unspecified atom stereocenters. The van der Waals surface area contributed by atoms with Crippen LogP contribution < -0.4 is 0 Å². The van der Waals surface area contributed by atoms with Crippen LogP contribution in [0.2, 0.25) is 0 Å². The topological polar surface area (TPSA) is 108 Å². The quantitative estimate of drug-likeness (QED) is 0.453. The smallest absolute Gasteiger partial charge is 0.419 e. The van der Waals surface area contributed by atoms with Crippen molar-refractivity contribution in [2.45, 2.75) is 100 Å². The molecule has 0 bridgehead atoms. The molecular weight excluding hydrogens is 430 g/mol. The van der Waals surface area contributed by atoms with Gasteiger partial charge in [-0.1, -0.05) is 27.7 Å². The minimum absolute atomic E-state index is 0.0357. The Morgan fingerprint density at radius 2 is 1.48 bits per heavy atom. The lowest BCUT2D eigenvalue weighted by molar-refractivity contribution is -0.227. The van der Waals surface area contributed by atoms with Gasteiger partial charge >= 0.3 is 18.0 Å². The molecule has 2 aliphatic heterocycles. The Morgan fingerprint density at radius 1 is 0.970 bits per heavy atom. The van der Waals surface area contributed by atoms with Gasteiger partial charge in [-0.25, -0.2) is 9.69 Å². The molecule has 2 heterocycles. The highest BCUT2D eigenvalue weighted by atomic mass is 16.7. The summed E-state index contributed by atoms with van der Waals surface area (Å²) in [6.07, 6.45) is -4.02. The molecule has 0 aliphatic carbocycles. The lowest BCUT2D eigenvalue weighted by Gasteiger charge is -2.40. The van der Waals surface area contributed by atoms with E-state index in [2.05, 4.69) is 0 Å². The SMILES string of the molecule is CC(CC(=O)N1C(=O)O[C@@H]2OC[C@@H](OC(=O)C(C)(C)C)[C@@H](OC(=O)C(C)(C)C)[C@@H]21)C(C)(C)C. The van der Waals surface area contributed by atoms with E-state index in [4.69, 9.17) is 18.9 Å². The zero-order chi connectivity index (χ0) is 25.5. The lowest BCUT2D eigenvalue weighted by atomic mass is 9.80. The number of fused-ring (bicyclic) bond motifs is 1. The molecule has 188 valence electrons. The summed E-state index contributed by atoms with van der Waals surface area (Å²) in [5.74, 6) is -1.57. The van der Waals surface area contributed by atoms with Crippen LogP contribution in [0.25, 0.3) is 0 Å². The summed E-state index contributed by atoms with van der Waals surface area (Å²) in [5.41, 5.74) is -1.83. The third kappa shape index (κ3) is 6.25. The van der Waals surface area contributed by atoms with Crippen LogP contribution in [0.5, 0.6) is 0 Å². The molecule has 2 rings (SSSR count). The highest BCUT2D eigenvalue weighted by Crippen LogP contribution is 2.36. The first-order valence-electron chi connectivity index (χ1n) is 11.4. The molecule has 9 nitrogen and oxygen atoms in total. The van der Waals surface area contributed by atoms with Gasteiger partial charge in [0.15, 0.2) is 12.2 Å². The molecule has 9 heteroatoms. The van der Waals surface area contributed by atoms with E-state index in [1.807, 2.05) is 27.7 Å². The summed E-state index contributed by atoms with van der Waals surface area (Å²) in [6, 6.07) is -1.06. The van der Waals surface area contributed by atoms with Crippen molar-refractivity contribution < 1.29 is 38.1 Å². The van der Waals surface area contributed by atoms with Crippen LogP contribution in [0.15, 0.2) is 0 Å². The van der Waals surface area contributed by atoms with Crippen molar-refractivity contribution >= 4 is 23.9 Å². The summed E-state index contributed by atoms with van der Waals surface area (Å²) in [7, 11) is 0. The van der Waals surface area contributed by atoms with Crippen LogP contribution in [-0.2, 0) is 33.3 Å². The standard InChI is InChI=1S/C24H39NO8/c1-13(22(2,3)4)11-15(26)25-16-17(32-20(28)24(8,9)10)14(31-19(27)23(5,6)7)12-30-18(16)33-21(25)29/h13-14,16-18H,11-12H2,1-10H3/t13?,14-,16+,17-,18+/m1/s1. The second-order valence-corrected chi connectivity index (χ2v) is 12.1. The van der Waals surface area contributed by atoms with E-state index in [0.717, 1.165) is 4.90 Å². The molecule has 2 aliphatic rings. The normalized spacial score (nSPS) is 26.8. The molecule has 0 radical (unpaired) electrons. The molecular formula is C24H39NO8. The summed E-state index contributed by atoms with van der Waals surface area (Å²) in [5, 5.41) is 0. The number of amides is 2. The Bertz CT molecular complexity index is 786. The van der Waals surface area contributed by atoms with Crippen molar-refractivity contribution in [3.63, 3.8) is 0 Å². The molecule has 2 saturated heterocycles. The van der Waals surface area contributed by atoms with E-state index in [1.165, 1.54) is 0 Å². The first-order valence-corrected chi connectivity index (χ1v) is 11.4. The average molecular weight is 470 g/mol. The van der Waals surface area contributed by atoms with Gasteiger partial charge in [0.05, 0.1) is 17.4 Å². The molecule has 0 aromatic heterocycles. The predicted octanol–water partition coefficient (Wildman–Crippen LogP) is 3.68. The van der Waals surface area contributed by atoms with Crippen LogP contribution in [0.1, 0.15) is 75.7 Å². The van der Waals surface area contributed by atoms with Crippen molar-refractivity contribution in [3.05, 3.63) is 0 Å². The number of hydrogen-bond acceptors (Lipinski definition) is 8. The molecule has 5 atom stereocenters. The summed E-state index contributed by atoms with van der Waals surface area (Å²) in [4.78, 5) is 52.2. The van der Waals surface area contributed by atoms with Crippen LogP contribution in [0, 0.1) is 22.2 Å². The maximum atomic E-state index is 13.2. The van der Waals surface area contributed by atoms with Gasteiger partial charge in [0.25, 0.3) is 0 Å². The van der Waals surface area contributed by atoms with Crippen LogP contribution in [-0.4, -0.2) is 60.0 Å². The molecule has 0 saturated carbocycles. The number of esters is 2. The molecule has 0 aromatic rings. The summed E-state index contributed by atoms with van der Waals surface area (Å²) < 4.78 is 22.4. The van der Waals surface area contributed by atoms with E-state index < -0.39 is 59.3 Å². The predicted molar refractivity (Wildman–Crippen MR) is 119 cm³/mol. The third-order valence-electron chi connectivity index (χ3n) is 6.07. The molecule has 2 fully saturated rings. The average Bonchev–Trinajstić information content (AvgIpc) is 2.97. The van der Waals surface area contributed by atoms with E-state index in [1.54, 1.807) is 41.5 Å². The van der Waals surface area contributed by atoms with E-state index >= 15 is 0 Å². The fourth-order valence-corrected chi connectivity index (χ4v) is 3.20. The second-order valence-electron chi connectivity index (χ2n) is 12.1. The zero-order valence-electron chi connectivity index (χ0n) is 21.5. The van der Waals surface area contributed by atoms with E-state index in [9.17, 15) is 19.2 Å². The van der Waals surface area contributed by atoms with Gasteiger partial charge in [0, 0.05) is 6.42 Å². The molecule has 33 heavy (non-hydrogen) atoms. The van der Waals surface area contributed by atoms with Crippen LogP contribution in [0.3, 0.4) is 0 Å². The van der Waals surface area contributed by atoms with Crippen molar-refractivity contribution in [1.29, 1.82) is 0 Å². The van der Waals surface area contributed by atoms with E-state index in [0.29, 0.717) is 0 Å².